The second-order valence-corrected chi connectivity index (χ2v) is 4.12. The van der Waals surface area contributed by atoms with Gasteiger partial charge in [-0.1, -0.05) is 0 Å². The monoisotopic (exact) mass is 233 g/mol. The number of anilines is 1. The molecule has 0 fully saturated rings. The number of carbonyl (C=O) groups is 1. The number of furan rings is 1. The zero-order chi connectivity index (χ0) is 12.4. The lowest BCUT2D eigenvalue weighted by Crippen LogP contribution is -2.36. The molecule has 2 heterocycles. The Morgan fingerprint density at radius 3 is 2.76 bits per heavy atom. The average Bonchev–Trinajstić information content (AvgIpc) is 2.88. The van der Waals surface area contributed by atoms with Gasteiger partial charge < -0.3 is 9.32 Å². The lowest BCUT2D eigenvalue weighted by molar-refractivity contribution is 0.0953. The van der Waals surface area contributed by atoms with Crippen LogP contribution in [0.2, 0.25) is 0 Å². The lowest BCUT2D eigenvalue weighted by atomic mass is 10.2. The van der Waals surface area contributed by atoms with Gasteiger partial charge in [-0.15, -0.1) is 0 Å². The Morgan fingerprint density at radius 1 is 1.53 bits per heavy atom. The summed E-state index contributed by atoms with van der Waals surface area (Å²) in [5.41, 5.74) is 0.768. The molecule has 2 aromatic heterocycles. The molecule has 2 rings (SSSR count). The van der Waals surface area contributed by atoms with E-state index in [1.807, 2.05) is 20.9 Å². The second kappa shape index (κ2) is 4.45. The second-order valence-electron chi connectivity index (χ2n) is 4.12. The highest BCUT2D eigenvalue weighted by Crippen LogP contribution is 2.19. The first-order chi connectivity index (χ1) is 8.09. The molecular formula is C12H15N3O2. The van der Waals surface area contributed by atoms with Gasteiger partial charge in [0.1, 0.15) is 0 Å². The molecule has 0 bridgehead atoms. The summed E-state index contributed by atoms with van der Waals surface area (Å²) in [5.74, 6) is 0.181. The SMILES string of the molecule is CC(C)N(C(=O)c1ccco1)c1cnn(C)c1. The van der Waals surface area contributed by atoms with Crippen molar-refractivity contribution < 1.29 is 9.21 Å². The van der Waals surface area contributed by atoms with Crippen LogP contribution in [0.25, 0.3) is 0 Å². The Balaban J connectivity index is 2.33. The lowest BCUT2D eigenvalue weighted by Gasteiger charge is -2.23. The van der Waals surface area contributed by atoms with Crippen molar-refractivity contribution in [2.45, 2.75) is 19.9 Å². The summed E-state index contributed by atoms with van der Waals surface area (Å²) in [6.45, 7) is 3.90. The van der Waals surface area contributed by atoms with E-state index < -0.39 is 0 Å². The van der Waals surface area contributed by atoms with Crippen molar-refractivity contribution in [2.24, 2.45) is 7.05 Å². The van der Waals surface area contributed by atoms with Crippen molar-refractivity contribution in [3.63, 3.8) is 0 Å². The van der Waals surface area contributed by atoms with Gasteiger partial charge in [-0.25, -0.2) is 0 Å². The molecule has 0 unspecified atom stereocenters. The summed E-state index contributed by atoms with van der Waals surface area (Å²) < 4.78 is 6.80. The van der Waals surface area contributed by atoms with Crippen molar-refractivity contribution in [1.29, 1.82) is 0 Å². The highest BCUT2D eigenvalue weighted by molar-refractivity contribution is 6.04. The molecule has 0 radical (unpaired) electrons. The van der Waals surface area contributed by atoms with Crippen LogP contribution < -0.4 is 4.90 Å². The van der Waals surface area contributed by atoms with Crippen LogP contribution in [0.5, 0.6) is 0 Å². The Bertz CT molecular complexity index is 500. The number of carbonyl (C=O) groups excluding carboxylic acids is 1. The molecule has 0 N–H and O–H groups in total. The highest BCUT2D eigenvalue weighted by Gasteiger charge is 2.23. The number of amides is 1. The largest absolute Gasteiger partial charge is 0.459 e. The van der Waals surface area contributed by atoms with Crippen molar-refractivity contribution in [3.05, 3.63) is 36.5 Å². The van der Waals surface area contributed by atoms with Crippen LogP contribution in [0, 0.1) is 0 Å². The Kier molecular flexibility index (Phi) is 2.99. The summed E-state index contributed by atoms with van der Waals surface area (Å²) in [7, 11) is 1.82. The number of nitrogens with zero attached hydrogens (tertiary/aromatic N) is 3. The summed E-state index contributed by atoms with van der Waals surface area (Å²) in [5, 5.41) is 4.08. The number of aromatic nitrogens is 2. The molecule has 0 aliphatic carbocycles. The number of rotatable bonds is 3. The minimum atomic E-state index is -0.155. The zero-order valence-electron chi connectivity index (χ0n) is 10.1. The minimum Gasteiger partial charge on any atom is -0.459 e. The molecule has 0 spiro atoms. The number of hydrogen-bond acceptors (Lipinski definition) is 3. The smallest absolute Gasteiger partial charge is 0.294 e. The number of aryl methyl sites for hydroxylation is 1. The molecule has 0 saturated heterocycles. The van der Waals surface area contributed by atoms with E-state index in [-0.39, 0.29) is 11.9 Å². The van der Waals surface area contributed by atoms with Crippen molar-refractivity contribution in [1.82, 2.24) is 9.78 Å². The van der Waals surface area contributed by atoms with Crippen LogP contribution in [-0.4, -0.2) is 21.7 Å². The van der Waals surface area contributed by atoms with E-state index in [9.17, 15) is 4.79 Å². The molecule has 5 heteroatoms. The van der Waals surface area contributed by atoms with Gasteiger partial charge >= 0.3 is 0 Å². The predicted molar refractivity (Wildman–Crippen MR) is 63.9 cm³/mol. The normalized spacial score (nSPS) is 10.8. The van der Waals surface area contributed by atoms with E-state index in [1.54, 1.807) is 34.1 Å². The van der Waals surface area contributed by atoms with Crippen LogP contribution in [0.15, 0.2) is 35.2 Å². The van der Waals surface area contributed by atoms with E-state index in [1.165, 1.54) is 6.26 Å². The molecule has 0 aliphatic heterocycles. The first-order valence-electron chi connectivity index (χ1n) is 5.45. The summed E-state index contributed by atoms with van der Waals surface area (Å²) in [4.78, 5) is 13.9. The predicted octanol–water partition coefficient (Wildman–Crippen LogP) is 2.07. The molecule has 0 saturated carbocycles. The average molecular weight is 233 g/mol. The standard InChI is InChI=1S/C12H15N3O2/c1-9(2)15(10-7-13-14(3)8-10)12(16)11-5-4-6-17-11/h4-9H,1-3H3. The van der Waals surface area contributed by atoms with Crippen LogP contribution in [-0.2, 0) is 7.05 Å². The molecule has 1 amide bonds. The van der Waals surface area contributed by atoms with Crippen LogP contribution in [0.3, 0.4) is 0 Å². The Morgan fingerprint density at radius 2 is 2.29 bits per heavy atom. The van der Waals surface area contributed by atoms with Crippen LogP contribution >= 0.6 is 0 Å². The maximum Gasteiger partial charge on any atom is 0.294 e. The minimum absolute atomic E-state index is 0.0387. The molecule has 5 nitrogen and oxygen atoms in total. The molecule has 90 valence electrons. The first kappa shape index (κ1) is 11.4. The van der Waals surface area contributed by atoms with Gasteiger partial charge in [-0.05, 0) is 26.0 Å². The first-order valence-corrected chi connectivity index (χ1v) is 5.45. The van der Waals surface area contributed by atoms with E-state index in [0.717, 1.165) is 5.69 Å². The van der Waals surface area contributed by atoms with Gasteiger partial charge in [0.2, 0.25) is 0 Å². The zero-order valence-corrected chi connectivity index (χ0v) is 10.1. The molecule has 0 aromatic carbocycles. The summed E-state index contributed by atoms with van der Waals surface area (Å²) >= 11 is 0. The van der Waals surface area contributed by atoms with Gasteiger partial charge in [0, 0.05) is 19.3 Å². The molecule has 2 aromatic rings. The Hall–Kier alpha value is -2.04. The maximum absolute atomic E-state index is 12.3. The Labute approximate surface area is 99.6 Å². The van der Waals surface area contributed by atoms with Gasteiger partial charge in [0.25, 0.3) is 5.91 Å². The van der Waals surface area contributed by atoms with Gasteiger partial charge in [0.15, 0.2) is 5.76 Å². The fraction of sp³-hybridized carbons (Fsp3) is 0.333. The molecule has 17 heavy (non-hydrogen) atoms. The quantitative estimate of drug-likeness (QED) is 0.815. The van der Waals surface area contributed by atoms with Crippen molar-refractivity contribution in [3.8, 4) is 0 Å². The van der Waals surface area contributed by atoms with Gasteiger partial charge in [-0.3, -0.25) is 9.48 Å². The highest BCUT2D eigenvalue weighted by atomic mass is 16.3. The fourth-order valence-corrected chi connectivity index (χ4v) is 1.70. The van der Waals surface area contributed by atoms with Gasteiger partial charge in [-0.2, -0.15) is 5.10 Å². The molecular weight excluding hydrogens is 218 g/mol. The van der Waals surface area contributed by atoms with Crippen LogP contribution in [0.1, 0.15) is 24.4 Å². The third-order valence-electron chi connectivity index (χ3n) is 2.44. The van der Waals surface area contributed by atoms with E-state index >= 15 is 0 Å². The maximum atomic E-state index is 12.3. The molecule has 0 atom stereocenters. The summed E-state index contributed by atoms with van der Waals surface area (Å²) in [6.07, 6.45) is 4.97. The van der Waals surface area contributed by atoms with Crippen molar-refractivity contribution >= 4 is 11.6 Å². The van der Waals surface area contributed by atoms with Crippen molar-refractivity contribution in [2.75, 3.05) is 4.90 Å². The van der Waals surface area contributed by atoms with Crippen LogP contribution in [0.4, 0.5) is 5.69 Å². The third-order valence-corrected chi connectivity index (χ3v) is 2.44. The number of hydrogen-bond donors (Lipinski definition) is 0. The molecule has 0 aliphatic rings. The third kappa shape index (κ3) is 2.22. The topological polar surface area (TPSA) is 51.3 Å². The van der Waals surface area contributed by atoms with E-state index in [2.05, 4.69) is 5.10 Å². The van der Waals surface area contributed by atoms with E-state index in [0.29, 0.717) is 5.76 Å². The fourth-order valence-electron chi connectivity index (χ4n) is 1.70. The van der Waals surface area contributed by atoms with Gasteiger partial charge in [0.05, 0.1) is 18.1 Å². The van der Waals surface area contributed by atoms with E-state index in [4.69, 9.17) is 4.42 Å². The summed E-state index contributed by atoms with van der Waals surface area (Å²) in [6, 6.07) is 3.40.